The van der Waals surface area contributed by atoms with E-state index < -0.39 is 5.82 Å². The second-order valence-electron chi connectivity index (χ2n) is 4.71. The third kappa shape index (κ3) is 2.48. The van der Waals surface area contributed by atoms with Crippen molar-refractivity contribution in [3.8, 4) is 0 Å². The molecule has 1 amide bonds. The van der Waals surface area contributed by atoms with E-state index in [-0.39, 0.29) is 17.1 Å². The van der Waals surface area contributed by atoms with E-state index in [9.17, 15) is 9.18 Å². The number of nitrogens with zero attached hydrogens (tertiary/aromatic N) is 2. The van der Waals surface area contributed by atoms with Crippen LogP contribution in [0.1, 0.15) is 10.5 Å². The highest BCUT2D eigenvalue weighted by Crippen LogP contribution is 2.18. The summed E-state index contributed by atoms with van der Waals surface area (Å²) in [5, 5.41) is 0.675. The molecule has 0 spiro atoms. The minimum Gasteiger partial charge on any atom is -0.310 e. The number of hydrogen-bond donors (Lipinski definition) is 0. The van der Waals surface area contributed by atoms with Crippen molar-refractivity contribution in [3.05, 3.63) is 72.2 Å². The molecule has 0 aliphatic carbocycles. The number of carbonyl (C=O) groups excluding carboxylic acids is 1. The molecule has 0 aliphatic heterocycles. The van der Waals surface area contributed by atoms with Crippen molar-refractivity contribution < 1.29 is 9.18 Å². The van der Waals surface area contributed by atoms with E-state index in [4.69, 9.17) is 0 Å². The number of benzene rings is 2. The molecule has 4 heteroatoms. The van der Waals surface area contributed by atoms with Crippen molar-refractivity contribution in [2.24, 2.45) is 0 Å². The first-order valence-corrected chi connectivity index (χ1v) is 6.55. The van der Waals surface area contributed by atoms with Crippen molar-refractivity contribution in [2.75, 3.05) is 11.9 Å². The van der Waals surface area contributed by atoms with Gasteiger partial charge in [0.2, 0.25) is 0 Å². The molecule has 0 aliphatic rings. The van der Waals surface area contributed by atoms with E-state index in [1.807, 2.05) is 30.3 Å². The van der Waals surface area contributed by atoms with Gasteiger partial charge in [0.25, 0.3) is 5.91 Å². The maximum atomic E-state index is 13.8. The molecule has 3 nitrogen and oxygen atoms in total. The Morgan fingerprint density at radius 2 is 1.76 bits per heavy atom. The molecule has 104 valence electrons. The summed E-state index contributed by atoms with van der Waals surface area (Å²) >= 11 is 0. The lowest BCUT2D eigenvalue weighted by atomic mass is 10.2. The molecule has 0 unspecified atom stereocenters. The van der Waals surface area contributed by atoms with Gasteiger partial charge in [-0.3, -0.25) is 4.79 Å². The number of hydrogen-bond acceptors (Lipinski definition) is 2. The minimum atomic E-state index is -0.426. The maximum absolute atomic E-state index is 13.8. The van der Waals surface area contributed by atoms with Crippen LogP contribution in [0.3, 0.4) is 0 Å². The van der Waals surface area contributed by atoms with Gasteiger partial charge >= 0.3 is 0 Å². The van der Waals surface area contributed by atoms with Gasteiger partial charge in [0.05, 0.1) is 0 Å². The number of para-hydroxylation sites is 2. The van der Waals surface area contributed by atoms with E-state index in [0.717, 1.165) is 5.69 Å². The fourth-order valence-electron chi connectivity index (χ4n) is 2.17. The summed E-state index contributed by atoms with van der Waals surface area (Å²) in [5.41, 5.74) is 1.20. The monoisotopic (exact) mass is 280 g/mol. The minimum absolute atomic E-state index is 0.213. The Balaban J connectivity index is 2.00. The van der Waals surface area contributed by atoms with Crippen molar-refractivity contribution in [3.63, 3.8) is 0 Å². The summed E-state index contributed by atoms with van der Waals surface area (Å²) in [7, 11) is 1.67. The van der Waals surface area contributed by atoms with E-state index >= 15 is 0 Å². The van der Waals surface area contributed by atoms with Gasteiger partial charge < -0.3 is 4.90 Å². The predicted octanol–water partition coefficient (Wildman–Crippen LogP) is 3.65. The quantitative estimate of drug-likeness (QED) is 0.718. The second-order valence-corrected chi connectivity index (χ2v) is 4.71. The Labute approximate surface area is 121 Å². The van der Waals surface area contributed by atoms with Gasteiger partial charge in [0.1, 0.15) is 17.0 Å². The zero-order valence-corrected chi connectivity index (χ0v) is 11.5. The number of aromatic nitrogens is 1. The summed E-state index contributed by atoms with van der Waals surface area (Å²) in [6, 6.07) is 17.3. The van der Waals surface area contributed by atoms with Gasteiger partial charge in [-0.1, -0.05) is 36.4 Å². The molecule has 0 N–H and O–H groups in total. The SMILES string of the molecule is CN(C(=O)c1ccc2cccc(F)c2n1)c1ccccc1. The molecule has 3 rings (SSSR count). The van der Waals surface area contributed by atoms with Crippen LogP contribution in [0.5, 0.6) is 0 Å². The standard InChI is InChI=1S/C17H13FN2O/c1-20(13-7-3-2-4-8-13)17(21)15-11-10-12-6-5-9-14(18)16(12)19-15/h2-11H,1H3. The van der Waals surface area contributed by atoms with Crippen LogP contribution in [0.2, 0.25) is 0 Å². The average Bonchev–Trinajstić information content (AvgIpc) is 2.54. The molecule has 0 fully saturated rings. The van der Waals surface area contributed by atoms with Crippen LogP contribution >= 0.6 is 0 Å². The van der Waals surface area contributed by atoms with Gasteiger partial charge in [-0.2, -0.15) is 0 Å². The predicted molar refractivity (Wildman–Crippen MR) is 80.9 cm³/mol. The highest BCUT2D eigenvalue weighted by atomic mass is 19.1. The molecule has 1 heterocycles. The molecule has 0 atom stereocenters. The summed E-state index contributed by atoms with van der Waals surface area (Å²) < 4.78 is 13.8. The number of pyridine rings is 1. The molecule has 0 bridgehead atoms. The van der Waals surface area contributed by atoms with Gasteiger partial charge in [-0.15, -0.1) is 0 Å². The third-order valence-electron chi connectivity index (χ3n) is 3.34. The third-order valence-corrected chi connectivity index (χ3v) is 3.34. The second kappa shape index (κ2) is 5.32. The molecule has 0 saturated heterocycles. The summed E-state index contributed by atoms with van der Waals surface area (Å²) in [6.07, 6.45) is 0. The van der Waals surface area contributed by atoms with E-state index in [1.54, 1.807) is 31.3 Å². The summed E-state index contributed by atoms with van der Waals surface area (Å²) in [4.78, 5) is 18.1. The number of rotatable bonds is 2. The van der Waals surface area contributed by atoms with Crippen molar-refractivity contribution >= 4 is 22.5 Å². The molecule has 2 aromatic carbocycles. The topological polar surface area (TPSA) is 33.2 Å². The lowest BCUT2D eigenvalue weighted by molar-refractivity contribution is 0.0988. The van der Waals surface area contributed by atoms with Gasteiger partial charge in [0.15, 0.2) is 0 Å². The van der Waals surface area contributed by atoms with Crippen LogP contribution in [0, 0.1) is 5.82 Å². The van der Waals surface area contributed by atoms with E-state index in [2.05, 4.69) is 4.98 Å². The average molecular weight is 280 g/mol. The van der Waals surface area contributed by atoms with Crippen molar-refractivity contribution in [1.82, 2.24) is 4.98 Å². The molecular weight excluding hydrogens is 267 g/mol. The first-order chi connectivity index (χ1) is 10.2. The molecule has 21 heavy (non-hydrogen) atoms. The smallest absolute Gasteiger partial charge is 0.276 e. The Morgan fingerprint density at radius 3 is 2.52 bits per heavy atom. The normalized spacial score (nSPS) is 10.6. The number of halogens is 1. The first kappa shape index (κ1) is 13.2. The molecule has 0 saturated carbocycles. The number of amides is 1. The lowest BCUT2D eigenvalue weighted by Crippen LogP contribution is -2.27. The lowest BCUT2D eigenvalue weighted by Gasteiger charge is -2.16. The van der Waals surface area contributed by atoms with Crippen LogP contribution in [0.15, 0.2) is 60.7 Å². The Hall–Kier alpha value is -2.75. The van der Waals surface area contributed by atoms with E-state index in [1.165, 1.54) is 11.0 Å². The zero-order chi connectivity index (χ0) is 14.8. The number of carbonyl (C=O) groups is 1. The van der Waals surface area contributed by atoms with Crippen molar-refractivity contribution in [2.45, 2.75) is 0 Å². The summed E-state index contributed by atoms with van der Waals surface area (Å²) in [6.45, 7) is 0. The number of fused-ring (bicyclic) bond motifs is 1. The van der Waals surface area contributed by atoms with Gasteiger partial charge in [-0.05, 0) is 24.3 Å². The van der Waals surface area contributed by atoms with Crippen LogP contribution < -0.4 is 4.90 Å². The molecular formula is C17H13FN2O. The molecule has 3 aromatic rings. The van der Waals surface area contributed by atoms with Crippen molar-refractivity contribution in [1.29, 1.82) is 0 Å². The zero-order valence-electron chi connectivity index (χ0n) is 11.5. The largest absolute Gasteiger partial charge is 0.310 e. The fraction of sp³-hybridized carbons (Fsp3) is 0.0588. The first-order valence-electron chi connectivity index (χ1n) is 6.55. The Bertz CT molecular complexity index is 802. The Kier molecular flexibility index (Phi) is 3.36. The highest BCUT2D eigenvalue weighted by Gasteiger charge is 2.15. The van der Waals surface area contributed by atoms with E-state index in [0.29, 0.717) is 5.39 Å². The fourth-order valence-corrected chi connectivity index (χ4v) is 2.17. The molecule has 1 aromatic heterocycles. The van der Waals surface area contributed by atoms with Crippen LogP contribution in [-0.2, 0) is 0 Å². The van der Waals surface area contributed by atoms with Crippen LogP contribution in [0.4, 0.5) is 10.1 Å². The Morgan fingerprint density at radius 1 is 1.00 bits per heavy atom. The van der Waals surface area contributed by atoms with Crippen LogP contribution in [0.25, 0.3) is 10.9 Å². The number of anilines is 1. The molecule has 0 radical (unpaired) electrons. The summed E-state index contributed by atoms with van der Waals surface area (Å²) in [5.74, 6) is -0.698. The van der Waals surface area contributed by atoms with Gasteiger partial charge in [0, 0.05) is 18.1 Å². The van der Waals surface area contributed by atoms with Crippen LogP contribution in [-0.4, -0.2) is 17.9 Å². The highest BCUT2D eigenvalue weighted by molar-refractivity contribution is 6.05. The maximum Gasteiger partial charge on any atom is 0.276 e. The van der Waals surface area contributed by atoms with Gasteiger partial charge in [-0.25, -0.2) is 9.37 Å².